The van der Waals surface area contributed by atoms with Gasteiger partial charge in [0.1, 0.15) is 12.3 Å². The Bertz CT molecular complexity index is 35.3. The summed E-state index contributed by atoms with van der Waals surface area (Å²) in [6.07, 6.45) is -2.40. The van der Waals surface area contributed by atoms with Crippen LogP contribution in [0.3, 0.4) is 0 Å². The molecular formula is C5H9F2. The van der Waals surface area contributed by atoms with Gasteiger partial charge < -0.3 is 0 Å². The first kappa shape index (κ1) is 6.86. The molecule has 0 bridgehead atoms. The van der Waals surface area contributed by atoms with Gasteiger partial charge in [0.25, 0.3) is 0 Å². The fraction of sp³-hybridized carbons (Fsp3) is 0.800. The highest BCUT2D eigenvalue weighted by molar-refractivity contribution is 4.60. The van der Waals surface area contributed by atoms with Crippen molar-refractivity contribution < 1.29 is 8.78 Å². The first-order chi connectivity index (χ1) is 3.13. The Morgan fingerprint density at radius 3 is 2.00 bits per heavy atom. The molecule has 0 nitrogen and oxygen atoms in total. The Hall–Kier alpha value is -0.140. The second-order valence-electron chi connectivity index (χ2n) is 1.61. The monoisotopic (exact) mass is 107 g/mol. The van der Waals surface area contributed by atoms with Gasteiger partial charge in [-0.25, -0.2) is 8.78 Å². The van der Waals surface area contributed by atoms with Crippen LogP contribution in [-0.2, 0) is 0 Å². The van der Waals surface area contributed by atoms with E-state index in [1.807, 2.05) is 0 Å². The molecule has 0 aromatic rings. The molecule has 43 valence electrons. The third kappa shape index (κ3) is 5.86. The summed E-state index contributed by atoms with van der Waals surface area (Å²) >= 11 is 0. The van der Waals surface area contributed by atoms with Crippen LogP contribution in [0, 0.1) is 6.92 Å². The standard InChI is InChI=1S/C5H9F2/c1-4(6)3-5(2)7/h4-5H,1,3H2,2H3. The van der Waals surface area contributed by atoms with E-state index in [0.29, 0.717) is 0 Å². The maximum atomic E-state index is 11.7. The number of alkyl halides is 2. The fourth-order valence-electron chi connectivity index (χ4n) is 0.352. The third-order valence-corrected chi connectivity index (χ3v) is 0.581. The highest BCUT2D eigenvalue weighted by Crippen LogP contribution is 2.02. The molecule has 0 aliphatic rings. The molecular weight excluding hydrogens is 98.1 g/mol. The Morgan fingerprint density at radius 1 is 1.57 bits per heavy atom. The topological polar surface area (TPSA) is 0 Å². The van der Waals surface area contributed by atoms with E-state index in [1.165, 1.54) is 6.92 Å². The highest BCUT2D eigenvalue weighted by atomic mass is 19.1. The molecule has 0 N–H and O–H groups in total. The van der Waals surface area contributed by atoms with Crippen molar-refractivity contribution in [3.8, 4) is 0 Å². The number of hydrogen-bond acceptors (Lipinski definition) is 0. The molecule has 0 heterocycles. The second kappa shape index (κ2) is 2.94. The molecule has 2 unspecified atom stereocenters. The van der Waals surface area contributed by atoms with E-state index in [-0.39, 0.29) is 6.42 Å². The second-order valence-corrected chi connectivity index (χ2v) is 1.61. The van der Waals surface area contributed by atoms with Crippen LogP contribution in [0.25, 0.3) is 0 Å². The van der Waals surface area contributed by atoms with Crippen molar-refractivity contribution in [2.75, 3.05) is 0 Å². The smallest absolute Gasteiger partial charge is 0.103 e. The first-order valence-electron chi connectivity index (χ1n) is 2.24. The summed E-state index contributed by atoms with van der Waals surface area (Å²) in [5.74, 6) is 0. The van der Waals surface area contributed by atoms with Crippen LogP contribution < -0.4 is 0 Å². The molecule has 7 heavy (non-hydrogen) atoms. The van der Waals surface area contributed by atoms with Crippen molar-refractivity contribution in [1.29, 1.82) is 0 Å². The van der Waals surface area contributed by atoms with Crippen LogP contribution in [-0.4, -0.2) is 12.3 Å². The summed E-state index contributed by atoms with van der Waals surface area (Å²) in [7, 11) is 0. The van der Waals surface area contributed by atoms with Gasteiger partial charge in [0.05, 0.1) is 0 Å². The molecule has 0 aromatic carbocycles. The van der Waals surface area contributed by atoms with E-state index in [4.69, 9.17) is 0 Å². The van der Waals surface area contributed by atoms with Gasteiger partial charge in [0, 0.05) is 6.42 Å². The van der Waals surface area contributed by atoms with E-state index in [2.05, 4.69) is 6.92 Å². The van der Waals surface area contributed by atoms with Crippen molar-refractivity contribution in [3.63, 3.8) is 0 Å². The van der Waals surface area contributed by atoms with E-state index in [9.17, 15) is 8.78 Å². The molecule has 0 saturated heterocycles. The van der Waals surface area contributed by atoms with Crippen molar-refractivity contribution in [1.82, 2.24) is 0 Å². The Morgan fingerprint density at radius 2 is 2.00 bits per heavy atom. The largest absolute Gasteiger partial charge is 0.248 e. The van der Waals surface area contributed by atoms with Crippen molar-refractivity contribution in [2.45, 2.75) is 25.7 Å². The Labute approximate surface area is 42.5 Å². The highest BCUT2D eigenvalue weighted by Gasteiger charge is 2.03. The minimum atomic E-state index is -1.25. The Balaban J connectivity index is 2.95. The van der Waals surface area contributed by atoms with E-state index < -0.39 is 12.3 Å². The number of rotatable bonds is 2. The SMILES string of the molecule is [CH2]C(F)CC(C)F. The molecule has 0 aliphatic heterocycles. The van der Waals surface area contributed by atoms with Gasteiger partial charge in [-0.3, -0.25) is 0 Å². The zero-order chi connectivity index (χ0) is 5.86. The maximum absolute atomic E-state index is 11.7. The van der Waals surface area contributed by atoms with Crippen LogP contribution in [0.4, 0.5) is 8.78 Å². The molecule has 2 heteroatoms. The zero-order valence-corrected chi connectivity index (χ0v) is 4.32. The molecule has 0 amide bonds. The summed E-state index contributed by atoms with van der Waals surface area (Å²) in [6.45, 7) is 4.29. The molecule has 0 aromatic heterocycles. The van der Waals surface area contributed by atoms with Crippen LogP contribution >= 0.6 is 0 Å². The summed E-state index contributed by atoms with van der Waals surface area (Å²) in [5, 5.41) is 0. The molecule has 2 atom stereocenters. The van der Waals surface area contributed by atoms with Gasteiger partial charge in [-0.1, -0.05) is 0 Å². The fourth-order valence-corrected chi connectivity index (χ4v) is 0.352. The minimum absolute atomic E-state index is 0.0833. The molecule has 0 rings (SSSR count). The molecule has 0 fully saturated rings. The average Bonchev–Trinajstić information content (AvgIpc) is 1.27. The van der Waals surface area contributed by atoms with Crippen LogP contribution in [0.1, 0.15) is 13.3 Å². The molecule has 0 aliphatic carbocycles. The van der Waals surface area contributed by atoms with Crippen molar-refractivity contribution in [2.24, 2.45) is 0 Å². The van der Waals surface area contributed by atoms with Gasteiger partial charge >= 0.3 is 0 Å². The summed E-state index contributed by atoms with van der Waals surface area (Å²) < 4.78 is 23.3. The Kier molecular flexibility index (Phi) is 2.88. The van der Waals surface area contributed by atoms with E-state index in [0.717, 1.165) is 0 Å². The van der Waals surface area contributed by atoms with Gasteiger partial charge in [-0.15, -0.1) is 0 Å². The predicted octanol–water partition coefficient (Wildman–Crippen LogP) is 1.91. The molecule has 1 radical (unpaired) electrons. The lowest BCUT2D eigenvalue weighted by Gasteiger charge is -1.98. The lowest BCUT2D eigenvalue weighted by molar-refractivity contribution is 0.263. The number of hydrogen-bond donors (Lipinski definition) is 0. The van der Waals surface area contributed by atoms with Crippen LogP contribution in [0.15, 0.2) is 0 Å². The van der Waals surface area contributed by atoms with Gasteiger partial charge in [-0.2, -0.15) is 0 Å². The van der Waals surface area contributed by atoms with Gasteiger partial charge in [0.15, 0.2) is 0 Å². The predicted molar refractivity (Wildman–Crippen MR) is 25.4 cm³/mol. The van der Waals surface area contributed by atoms with Crippen LogP contribution in [0.5, 0.6) is 0 Å². The molecule has 0 spiro atoms. The van der Waals surface area contributed by atoms with Crippen molar-refractivity contribution >= 4 is 0 Å². The lowest BCUT2D eigenvalue weighted by atomic mass is 10.2. The summed E-state index contributed by atoms with van der Waals surface area (Å²) in [5.41, 5.74) is 0. The van der Waals surface area contributed by atoms with Gasteiger partial charge in [-0.05, 0) is 13.8 Å². The molecule has 0 saturated carbocycles. The van der Waals surface area contributed by atoms with Gasteiger partial charge in [0.2, 0.25) is 0 Å². The van der Waals surface area contributed by atoms with Crippen molar-refractivity contribution in [3.05, 3.63) is 6.92 Å². The lowest BCUT2D eigenvalue weighted by Crippen LogP contribution is -2.01. The third-order valence-electron chi connectivity index (χ3n) is 0.581. The average molecular weight is 107 g/mol. The van der Waals surface area contributed by atoms with E-state index in [1.54, 1.807) is 0 Å². The maximum Gasteiger partial charge on any atom is 0.103 e. The zero-order valence-electron chi connectivity index (χ0n) is 4.32. The van der Waals surface area contributed by atoms with E-state index >= 15 is 0 Å². The number of halogens is 2. The summed E-state index contributed by atoms with van der Waals surface area (Å²) in [6, 6.07) is 0. The minimum Gasteiger partial charge on any atom is -0.248 e. The quantitative estimate of drug-likeness (QED) is 0.505. The first-order valence-corrected chi connectivity index (χ1v) is 2.24. The normalized spacial score (nSPS) is 18.9. The van der Waals surface area contributed by atoms with Crippen LogP contribution in [0.2, 0.25) is 0 Å². The summed E-state index contributed by atoms with van der Waals surface area (Å²) in [4.78, 5) is 0.